The van der Waals surface area contributed by atoms with Crippen LogP contribution in [-0.2, 0) is 4.79 Å². The largest absolute Gasteiger partial charge is 0.349 e. The van der Waals surface area contributed by atoms with E-state index in [1.807, 2.05) is 24.3 Å². The lowest BCUT2D eigenvalue weighted by Crippen LogP contribution is -2.35. The van der Waals surface area contributed by atoms with Crippen LogP contribution in [0.15, 0.2) is 24.3 Å². The van der Waals surface area contributed by atoms with Gasteiger partial charge < -0.3 is 11.1 Å². The number of hydrogen-bond donors (Lipinski definition) is 2. The van der Waals surface area contributed by atoms with Crippen molar-refractivity contribution in [2.24, 2.45) is 11.1 Å². The van der Waals surface area contributed by atoms with E-state index in [0.717, 1.165) is 18.4 Å². The highest BCUT2D eigenvalue weighted by Crippen LogP contribution is 2.22. The van der Waals surface area contributed by atoms with Crippen molar-refractivity contribution in [2.45, 2.75) is 59.0 Å². The molecule has 0 aliphatic carbocycles. The predicted octanol–water partition coefficient (Wildman–Crippen LogP) is 4.06. The summed E-state index contributed by atoms with van der Waals surface area (Å²) in [6.45, 7) is 8.45. The van der Waals surface area contributed by atoms with Crippen LogP contribution in [0.2, 0.25) is 5.02 Å². The van der Waals surface area contributed by atoms with Gasteiger partial charge in [0.15, 0.2) is 0 Å². The van der Waals surface area contributed by atoms with E-state index < -0.39 is 0 Å². The zero-order valence-electron chi connectivity index (χ0n) is 13.4. The molecule has 2 atom stereocenters. The Morgan fingerprint density at radius 1 is 1.29 bits per heavy atom. The summed E-state index contributed by atoms with van der Waals surface area (Å²) in [6, 6.07) is 7.50. The zero-order chi connectivity index (χ0) is 16.0. The van der Waals surface area contributed by atoms with Crippen LogP contribution in [0, 0.1) is 5.41 Å². The molecule has 3 N–H and O–H groups in total. The standard InChI is InChI=1S/C17H27ClN2O/c1-5-15(12-6-8-13(18)9-7-12)20-16(21)10-14(19)11-17(2,3)4/h6-9,14-15H,5,10-11,19H2,1-4H3,(H,20,21). The van der Waals surface area contributed by atoms with Crippen LogP contribution in [0.3, 0.4) is 0 Å². The molecule has 0 saturated heterocycles. The highest BCUT2D eigenvalue weighted by molar-refractivity contribution is 6.30. The van der Waals surface area contributed by atoms with Crippen LogP contribution < -0.4 is 11.1 Å². The molecule has 0 aliphatic heterocycles. The third-order valence-electron chi connectivity index (χ3n) is 3.34. The molecule has 0 radical (unpaired) electrons. The molecule has 0 aliphatic rings. The predicted molar refractivity (Wildman–Crippen MR) is 89.3 cm³/mol. The quantitative estimate of drug-likeness (QED) is 0.832. The van der Waals surface area contributed by atoms with E-state index in [1.165, 1.54) is 0 Å². The second-order valence-electron chi connectivity index (χ2n) is 6.81. The van der Waals surface area contributed by atoms with E-state index in [0.29, 0.717) is 11.4 Å². The maximum Gasteiger partial charge on any atom is 0.222 e. The van der Waals surface area contributed by atoms with Crippen molar-refractivity contribution in [2.75, 3.05) is 0 Å². The maximum absolute atomic E-state index is 12.1. The Labute approximate surface area is 133 Å². The van der Waals surface area contributed by atoms with Gasteiger partial charge in [-0.15, -0.1) is 0 Å². The van der Waals surface area contributed by atoms with Crippen molar-refractivity contribution < 1.29 is 4.79 Å². The molecule has 0 aromatic heterocycles. The first-order chi connectivity index (χ1) is 9.71. The number of halogens is 1. The maximum atomic E-state index is 12.1. The number of carbonyl (C=O) groups excluding carboxylic acids is 1. The van der Waals surface area contributed by atoms with Crippen molar-refractivity contribution >= 4 is 17.5 Å². The summed E-state index contributed by atoms with van der Waals surface area (Å²) in [7, 11) is 0. The van der Waals surface area contributed by atoms with Crippen LogP contribution in [0.25, 0.3) is 0 Å². The summed E-state index contributed by atoms with van der Waals surface area (Å²) in [4.78, 5) is 12.1. The Hall–Kier alpha value is -1.06. The minimum atomic E-state index is -0.104. The first-order valence-corrected chi connectivity index (χ1v) is 7.89. The number of amides is 1. The number of nitrogens with one attached hydrogen (secondary N) is 1. The molecule has 2 unspecified atom stereocenters. The van der Waals surface area contributed by atoms with Crippen molar-refractivity contribution in [1.29, 1.82) is 0 Å². The van der Waals surface area contributed by atoms with Crippen LogP contribution in [0.4, 0.5) is 0 Å². The van der Waals surface area contributed by atoms with Gasteiger partial charge in [-0.3, -0.25) is 4.79 Å². The molecule has 0 bridgehead atoms. The summed E-state index contributed by atoms with van der Waals surface area (Å²) in [5.74, 6) is 0.00792. The Morgan fingerprint density at radius 2 is 1.86 bits per heavy atom. The third-order valence-corrected chi connectivity index (χ3v) is 3.59. The molecule has 1 aromatic carbocycles. The van der Waals surface area contributed by atoms with Crippen LogP contribution in [0.5, 0.6) is 0 Å². The van der Waals surface area contributed by atoms with Gasteiger partial charge in [0.2, 0.25) is 5.91 Å². The smallest absolute Gasteiger partial charge is 0.222 e. The molecule has 1 aromatic rings. The number of rotatable bonds is 6. The van der Waals surface area contributed by atoms with Gasteiger partial charge in [-0.25, -0.2) is 0 Å². The molecular formula is C17H27ClN2O. The SMILES string of the molecule is CCC(NC(=O)CC(N)CC(C)(C)C)c1ccc(Cl)cc1. The fourth-order valence-electron chi connectivity index (χ4n) is 2.47. The minimum Gasteiger partial charge on any atom is -0.349 e. The lowest BCUT2D eigenvalue weighted by molar-refractivity contribution is -0.122. The zero-order valence-corrected chi connectivity index (χ0v) is 14.2. The molecular weight excluding hydrogens is 284 g/mol. The van der Waals surface area contributed by atoms with Gasteiger partial charge in [0.1, 0.15) is 0 Å². The van der Waals surface area contributed by atoms with E-state index in [4.69, 9.17) is 17.3 Å². The molecule has 3 nitrogen and oxygen atoms in total. The number of benzene rings is 1. The average Bonchev–Trinajstić information content (AvgIpc) is 2.34. The fraction of sp³-hybridized carbons (Fsp3) is 0.588. The monoisotopic (exact) mass is 310 g/mol. The van der Waals surface area contributed by atoms with Gasteiger partial charge in [-0.2, -0.15) is 0 Å². The Balaban J connectivity index is 2.57. The van der Waals surface area contributed by atoms with Crippen molar-refractivity contribution in [3.8, 4) is 0 Å². The molecule has 0 saturated carbocycles. The van der Waals surface area contributed by atoms with Gasteiger partial charge in [-0.1, -0.05) is 51.4 Å². The molecule has 118 valence electrons. The Bertz CT molecular complexity index is 451. The summed E-state index contributed by atoms with van der Waals surface area (Å²) in [5, 5.41) is 3.76. The molecule has 4 heteroatoms. The summed E-state index contributed by atoms with van der Waals surface area (Å²) in [5.41, 5.74) is 7.27. The molecule has 0 spiro atoms. The van der Waals surface area contributed by atoms with Gasteiger partial charge in [0, 0.05) is 17.5 Å². The van der Waals surface area contributed by atoms with Gasteiger partial charge in [0.05, 0.1) is 6.04 Å². The van der Waals surface area contributed by atoms with Crippen molar-refractivity contribution in [3.05, 3.63) is 34.9 Å². The van der Waals surface area contributed by atoms with Gasteiger partial charge in [0.25, 0.3) is 0 Å². The van der Waals surface area contributed by atoms with Crippen LogP contribution in [0.1, 0.15) is 58.6 Å². The average molecular weight is 311 g/mol. The first-order valence-electron chi connectivity index (χ1n) is 7.51. The fourth-order valence-corrected chi connectivity index (χ4v) is 2.59. The molecule has 1 amide bonds. The van der Waals surface area contributed by atoms with E-state index in [1.54, 1.807) is 0 Å². The topological polar surface area (TPSA) is 55.1 Å². The Morgan fingerprint density at radius 3 is 2.33 bits per heavy atom. The lowest BCUT2D eigenvalue weighted by atomic mass is 9.87. The normalized spacial score (nSPS) is 14.6. The number of nitrogens with two attached hydrogens (primary N) is 1. The van der Waals surface area contributed by atoms with Crippen molar-refractivity contribution in [3.63, 3.8) is 0 Å². The second-order valence-corrected chi connectivity index (χ2v) is 7.25. The second kappa shape index (κ2) is 7.81. The summed E-state index contributed by atoms with van der Waals surface area (Å²) >= 11 is 5.89. The van der Waals surface area contributed by atoms with Gasteiger partial charge in [-0.05, 0) is 36.0 Å². The number of hydrogen-bond acceptors (Lipinski definition) is 2. The summed E-state index contributed by atoms with van der Waals surface area (Å²) < 4.78 is 0. The highest BCUT2D eigenvalue weighted by atomic mass is 35.5. The highest BCUT2D eigenvalue weighted by Gasteiger charge is 2.19. The van der Waals surface area contributed by atoms with E-state index in [2.05, 4.69) is 33.0 Å². The van der Waals surface area contributed by atoms with E-state index >= 15 is 0 Å². The molecule has 1 rings (SSSR count). The molecule has 0 fully saturated rings. The van der Waals surface area contributed by atoms with Gasteiger partial charge >= 0.3 is 0 Å². The third kappa shape index (κ3) is 6.96. The summed E-state index contributed by atoms with van der Waals surface area (Å²) in [6.07, 6.45) is 2.03. The van der Waals surface area contributed by atoms with E-state index in [9.17, 15) is 4.79 Å². The number of carbonyl (C=O) groups is 1. The minimum absolute atomic E-state index is 0.00792. The lowest BCUT2D eigenvalue weighted by Gasteiger charge is -2.24. The van der Waals surface area contributed by atoms with Crippen LogP contribution in [-0.4, -0.2) is 11.9 Å². The molecule has 0 heterocycles. The van der Waals surface area contributed by atoms with E-state index in [-0.39, 0.29) is 23.4 Å². The molecule has 21 heavy (non-hydrogen) atoms. The Kier molecular flexibility index (Phi) is 6.69. The van der Waals surface area contributed by atoms with Crippen molar-refractivity contribution in [1.82, 2.24) is 5.32 Å². The van der Waals surface area contributed by atoms with Crippen LogP contribution >= 0.6 is 11.6 Å². The first kappa shape index (κ1) is 18.0.